The standard InChI is InChI=1S/C23H31F3N2O7S/c1-22(2,3)35-21(31)19(13-14-29)28(20(30)12-11-16-7-4-5-8-16)27-36(32,33)18-10-6-9-17(15-18)34-23(24,25)26/h6,9-10,14-16,19,27H,4-5,7-8,11-13H2,1-3H3/t19-/m0/s1. The molecule has 0 unspecified atom stereocenters. The van der Waals surface area contributed by atoms with E-state index in [1.165, 1.54) is 0 Å². The van der Waals surface area contributed by atoms with Gasteiger partial charge in [-0.1, -0.05) is 31.7 Å². The predicted molar refractivity (Wildman–Crippen MR) is 122 cm³/mol. The van der Waals surface area contributed by atoms with Crippen LogP contribution in [0.25, 0.3) is 0 Å². The fourth-order valence-electron chi connectivity index (χ4n) is 3.82. The van der Waals surface area contributed by atoms with Crippen LogP contribution in [0.3, 0.4) is 0 Å². The van der Waals surface area contributed by atoms with Crippen molar-refractivity contribution in [1.29, 1.82) is 0 Å². The van der Waals surface area contributed by atoms with Crippen LogP contribution in [-0.2, 0) is 29.1 Å². The van der Waals surface area contributed by atoms with Crippen molar-refractivity contribution in [2.75, 3.05) is 0 Å². The number of hydrogen-bond donors (Lipinski definition) is 1. The normalized spacial score (nSPS) is 15.8. The Kier molecular flexibility index (Phi) is 9.89. The van der Waals surface area contributed by atoms with E-state index in [4.69, 9.17) is 4.74 Å². The SMILES string of the molecule is CC(C)(C)OC(=O)[C@H](CC=O)N(NS(=O)(=O)c1cccc(OC(F)(F)F)c1)C(=O)CCC1CCCC1. The van der Waals surface area contributed by atoms with Crippen molar-refractivity contribution in [1.82, 2.24) is 9.84 Å². The first kappa shape index (κ1) is 29.6. The quantitative estimate of drug-likeness (QED) is 0.259. The number of esters is 1. The van der Waals surface area contributed by atoms with Gasteiger partial charge in [-0.2, -0.15) is 0 Å². The average Bonchev–Trinajstić information content (AvgIpc) is 3.26. The zero-order valence-electron chi connectivity index (χ0n) is 20.3. The summed E-state index contributed by atoms with van der Waals surface area (Å²) in [7, 11) is -4.68. The van der Waals surface area contributed by atoms with E-state index in [1.807, 2.05) is 4.83 Å². The molecule has 0 aromatic heterocycles. The van der Waals surface area contributed by atoms with Crippen molar-refractivity contribution in [3.05, 3.63) is 24.3 Å². The van der Waals surface area contributed by atoms with Crippen LogP contribution < -0.4 is 9.57 Å². The summed E-state index contributed by atoms with van der Waals surface area (Å²) in [5, 5.41) is 0.532. The number of hydrogen-bond acceptors (Lipinski definition) is 7. The Morgan fingerprint density at radius 1 is 1.19 bits per heavy atom. The van der Waals surface area contributed by atoms with E-state index in [9.17, 15) is 36.0 Å². The van der Waals surface area contributed by atoms with E-state index in [0.29, 0.717) is 23.8 Å². The summed E-state index contributed by atoms with van der Waals surface area (Å²) in [5.41, 5.74) is -1.00. The Balaban J connectivity index is 2.37. The van der Waals surface area contributed by atoms with Gasteiger partial charge >= 0.3 is 12.3 Å². The second-order valence-corrected chi connectivity index (χ2v) is 11.2. The molecule has 1 aromatic rings. The van der Waals surface area contributed by atoms with Gasteiger partial charge < -0.3 is 14.3 Å². The van der Waals surface area contributed by atoms with Gasteiger partial charge in [-0.15, -0.1) is 18.0 Å². The number of rotatable bonds is 11. The number of nitrogens with one attached hydrogen (secondary N) is 1. The summed E-state index contributed by atoms with van der Waals surface area (Å²) in [6, 6.07) is 1.93. The molecule has 1 amide bonds. The van der Waals surface area contributed by atoms with Crippen LogP contribution in [0.2, 0.25) is 0 Å². The Morgan fingerprint density at radius 3 is 2.39 bits per heavy atom. The molecule has 0 radical (unpaired) electrons. The highest BCUT2D eigenvalue weighted by molar-refractivity contribution is 7.89. The van der Waals surface area contributed by atoms with Crippen LogP contribution in [0.15, 0.2) is 29.2 Å². The predicted octanol–water partition coefficient (Wildman–Crippen LogP) is 3.88. The number of alkyl halides is 3. The van der Waals surface area contributed by atoms with E-state index >= 15 is 0 Å². The highest BCUT2D eigenvalue weighted by Crippen LogP contribution is 2.29. The summed E-state index contributed by atoms with van der Waals surface area (Å²) in [6.45, 7) is 4.68. The van der Waals surface area contributed by atoms with Gasteiger partial charge in [0.2, 0.25) is 5.91 Å². The van der Waals surface area contributed by atoms with Gasteiger partial charge in [0.25, 0.3) is 10.0 Å². The second kappa shape index (κ2) is 12.0. The number of aldehydes is 1. The molecule has 1 aliphatic rings. The van der Waals surface area contributed by atoms with Crippen LogP contribution in [-0.4, -0.2) is 49.6 Å². The zero-order chi connectivity index (χ0) is 27.1. The van der Waals surface area contributed by atoms with Crippen LogP contribution in [0, 0.1) is 5.92 Å². The monoisotopic (exact) mass is 536 g/mol. The van der Waals surface area contributed by atoms with Gasteiger partial charge in [0.05, 0.1) is 4.90 Å². The first-order chi connectivity index (χ1) is 16.6. The van der Waals surface area contributed by atoms with Gasteiger partial charge in [-0.05, 0) is 45.2 Å². The number of benzene rings is 1. The number of carbonyl (C=O) groups excluding carboxylic acids is 3. The third-order valence-electron chi connectivity index (χ3n) is 5.39. The molecule has 36 heavy (non-hydrogen) atoms. The van der Waals surface area contributed by atoms with E-state index in [0.717, 1.165) is 43.9 Å². The van der Waals surface area contributed by atoms with E-state index in [2.05, 4.69) is 4.74 Å². The Bertz CT molecular complexity index is 1030. The maximum atomic E-state index is 13.2. The maximum absolute atomic E-state index is 13.2. The summed E-state index contributed by atoms with van der Waals surface area (Å²) in [4.78, 5) is 38.7. The lowest BCUT2D eigenvalue weighted by atomic mass is 10.0. The molecule has 1 aromatic carbocycles. The number of amides is 1. The zero-order valence-corrected chi connectivity index (χ0v) is 21.2. The fraction of sp³-hybridized carbons (Fsp3) is 0.609. The lowest BCUT2D eigenvalue weighted by Crippen LogP contribution is -2.56. The molecular weight excluding hydrogens is 505 g/mol. The highest BCUT2D eigenvalue weighted by Gasteiger charge is 2.37. The lowest BCUT2D eigenvalue weighted by molar-refractivity contribution is -0.274. The van der Waals surface area contributed by atoms with Gasteiger partial charge in [-0.25, -0.2) is 18.2 Å². The number of sulfonamides is 1. The summed E-state index contributed by atoms with van der Waals surface area (Å²) in [5.74, 6) is -2.30. The highest BCUT2D eigenvalue weighted by atomic mass is 32.2. The maximum Gasteiger partial charge on any atom is 0.573 e. The van der Waals surface area contributed by atoms with E-state index < -0.39 is 57.0 Å². The molecule has 0 heterocycles. The number of nitrogens with zero attached hydrogens (tertiary/aromatic N) is 1. The van der Waals surface area contributed by atoms with Crippen LogP contribution in [0.5, 0.6) is 5.75 Å². The molecule has 0 bridgehead atoms. The molecule has 0 saturated heterocycles. The van der Waals surface area contributed by atoms with Gasteiger partial charge in [0.15, 0.2) is 6.04 Å². The Hall–Kier alpha value is -2.67. The summed E-state index contributed by atoms with van der Waals surface area (Å²) in [6.07, 6.45) is -1.03. The molecule has 1 aliphatic carbocycles. The average molecular weight is 537 g/mol. The number of hydrazine groups is 1. The molecule has 1 fully saturated rings. The van der Waals surface area contributed by atoms with Crippen molar-refractivity contribution in [2.24, 2.45) is 5.92 Å². The van der Waals surface area contributed by atoms with E-state index in [-0.39, 0.29) is 12.3 Å². The molecule has 1 saturated carbocycles. The molecular formula is C23H31F3N2O7S. The number of ether oxygens (including phenoxy) is 2. The number of halogens is 3. The fourth-order valence-corrected chi connectivity index (χ4v) is 4.95. The van der Waals surface area contributed by atoms with Gasteiger partial charge in [0.1, 0.15) is 17.6 Å². The molecule has 9 nitrogen and oxygen atoms in total. The Morgan fingerprint density at radius 2 is 1.83 bits per heavy atom. The van der Waals surface area contributed by atoms with Crippen LogP contribution in [0.4, 0.5) is 13.2 Å². The first-order valence-corrected chi connectivity index (χ1v) is 13.0. The third-order valence-corrected chi connectivity index (χ3v) is 6.70. The molecule has 0 aliphatic heterocycles. The van der Waals surface area contributed by atoms with Crippen LogP contribution in [0.1, 0.15) is 65.7 Å². The Labute approximate surface area is 208 Å². The summed E-state index contributed by atoms with van der Waals surface area (Å²) < 4.78 is 72.9. The molecule has 202 valence electrons. The van der Waals surface area contributed by atoms with Crippen molar-refractivity contribution >= 4 is 28.2 Å². The van der Waals surface area contributed by atoms with Crippen molar-refractivity contribution in [3.63, 3.8) is 0 Å². The van der Waals surface area contributed by atoms with E-state index in [1.54, 1.807) is 20.8 Å². The molecule has 1 N–H and O–H groups in total. The van der Waals surface area contributed by atoms with Crippen LogP contribution >= 0.6 is 0 Å². The minimum Gasteiger partial charge on any atom is -0.458 e. The van der Waals surface area contributed by atoms with Crippen molar-refractivity contribution in [2.45, 2.75) is 88.6 Å². The molecule has 1 atom stereocenters. The third kappa shape index (κ3) is 9.41. The summed E-state index contributed by atoms with van der Waals surface area (Å²) >= 11 is 0. The lowest BCUT2D eigenvalue weighted by Gasteiger charge is -2.31. The van der Waals surface area contributed by atoms with Gasteiger partial charge in [-0.3, -0.25) is 4.79 Å². The van der Waals surface area contributed by atoms with Crippen molar-refractivity contribution < 1.29 is 45.4 Å². The molecule has 13 heteroatoms. The molecule has 0 spiro atoms. The topological polar surface area (TPSA) is 119 Å². The minimum atomic E-state index is -5.05. The smallest absolute Gasteiger partial charge is 0.458 e. The minimum absolute atomic E-state index is 0.109. The van der Waals surface area contributed by atoms with Crippen molar-refractivity contribution in [3.8, 4) is 5.75 Å². The second-order valence-electron chi connectivity index (χ2n) is 9.52. The molecule has 2 rings (SSSR count). The van der Waals surface area contributed by atoms with Gasteiger partial charge in [0, 0.05) is 18.9 Å². The first-order valence-electron chi connectivity index (χ1n) is 11.5. The largest absolute Gasteiger partial charge is 0.573 e. The number of carbonyl (C=O) groups is 3.